The number of nitrogens with one attached hydrogen (secondary N) is 1. The van der Waals surface area contributed by atoms with E-state index in [0.717, 1.165) is 46.1 Å². The molecule has 0 aliphatic carbocycles. The molecule has 0 fully saturated rings. The molecule has 146 valence electrons. The van der Waals surface area contributed by atoms with Crippen molar-refractivity contribution < 1.29 is 14.3 Å². The van der Waals surface area contributed by atoms with Gasteiger partial charge in [0, 0.05) is 6.54 Å². The summed E-state index contributed by atoms with van der Waals surface area (Å²) < 4.78 is 13.2. The molecule has 1 aromatic heterocycles. The van der Waals surface area contributed by atoms with Crippen LogP contribution in [0.2, 0.25) is 0 Å². The molecule has 2 heterocycles. The average molecular weight is 398 g/mol. The smallest absolute Gasteiger partial charge is 0.240 e. The van der Waals surface area contributed by atoms with E-state index >= 15 is 0 Å². The van der Waals surface area contributed by atoms with Crippen LogP contribution in [0, 0.1) is 0 Å². The molecule has 7 heteroatoms. The van der Waals surface area contributed by atoms with Crippen LogP contribution in [0.25, 0.3) is 11.0 Å². The predicted octanol–water partition coefficient (Wildman–Crippen LogP) is 3.03. The molecule has 1 aliphatic rings. The summed E-state index contributed by atoms with van der Waals surface area (Å²) in [6.07, 6.45) is 2.78. The van der Waals surface area contributed by atoms with E-state index < -0.39 is 0 Å². The number of imidazole rings is 1. The largest absolute Gasteiger partial charge is 0.486 e. The maximum Gasteiger partial charge on any atom is 0.240 e. The van der Waals surface area contributed by atoms with Gasteiger partial charge < -0.3 is 19.4 Å². The van der Waals surface area contributed by atoms with Gasteiger partial charge in [-0.2, -0.15) is 11.8 Å². The molecule has 0 saturated carbocycles. The number of nitrogens with zero attached hydrogens (tertiary/aromatic N) is 2. The summed E-state index contributed by atoms with van der Waals surface area (Å²) in [5, 5.41) is 3.02. The Labute approximate surface area is 168 Å². The van der Waals surface area contributed by atoms with Gasteiger partial charge in [0.1, 0.15) is 25.6 Å². The highest BCUT2D eigenvalue weighted by molar-refractivity contribution is 7.97. The number of thioether (sulfide) groups is 1. The topological polar surface area (TPSA) is 65.4 Å². The Hall–Kier alpha value is -2.67. The van der Waals surface area contributed by atoms with E-state index in [-0.39, 0.29) is 12.5 Å². The zero-order chi connectivity index (χ0) is 19.3. The van der Waals surface area contributed by atoms with Crippen molar-refractivity contribution in [1.82, 2.24) is 14.9 Å². The van der Waals surface area contributed by atoms with Gasteiger partial charge in [0.05, 0.1) is 16.8 Å². The summed E-state index contributed by atoms with van der Waals surface area (Å²) in [6.45, 7) is 2.01. The van der Waals surface area contributed by atoms with Gasteiger partial charge in [0.15, 0.2) is 11.5 Å². The van der Waals surface area contributed by atoms with Crippen LogP contribution in [0.15, 0.2) is 42.5 Å². The van der Waals surface area contributed by atoms with Gasteiger partial charge in [0.25, 0.3) is 0 Å². The fourth-order valence-electron chi connectivity index (χ4n) is 3.33. The highest BCUT2D eigenvalue weighted by Crippen LogP contribution is 2.30. The molecular formula is C21H23N3O3S. The van der Waals surface area contributed by atoms with E-state index in [1.165, 1.54) is 0 Å². The van der Waals surface area contributed by atoms with Crippen LogP contribution in [0.5, 0.6) is 11.5 Å². The molecule has 1 aliphatic heterocycles. The Balaban J connectivity index is 1.37. The van der Waals surface area contributed by atoms with Gasteiger partial charge in [0.2, 0.25) is 5.91 Å². The van der Waals surface area contributed by atoms with Gasteiger partial charge in [-0.05, 0) is 42.5 Å². The van der Waals surface area contributed by atoms with Crippen molar-refractivity contribution in [3.05, 3.63) is 53.9 Å². The van der Waals surface area contributed by atoms with Crippen LogP contribution in [0.4, 0.5) is 0 Å². The quantitative estimate of drug-likeness (QED) is 0.664. The molecular weight excluding hydrogens is 374 g/mol. The number of rotatable bonds is 7. The van der Waals surface area contributed by atoms with Gasteiger partial charge in [-0.15, -0.1) is 0 Å². The van der Waals surface area contributed by atoms with Crippen molar-refractivity contribution in [1.29, 1.82) is 0 Å². The molecule has 1 amide bonds. The third-order valence-corrected chi connectivity index (χ3v) is 5.20. The van der Waals surface area contributed by atoms with Crippen molar-refractivity contribution in [3.8, 4) is 11.5 Å². The first-order valence-electron chi connectivity index (χ1n) is 9.33. The Bertz CT molecular complexity index is 986. The van der Waals surface area contributed by atoms with Crippen LogP contribution in [0.3, 0.4) is 0 Å². The van der Waals surface area contributed by atoms with Gasteiger partial charge in [-0.25, -0.2) is 4.98 Å². The number of para-hydroxylation sites is 2. The minimum Gasteiger partial charge on any atom is -0.486 e. The monoisotopic (exact) mass is 397 g/mol. The number of aromatic nitrogens is 2. The van der Waals surface area contributed by atoms with E-state index in [4.69, 9.17) is 9.47 Å². The number of carbonyl (C=O) groups excluding carboxylic acids is 1. The van der Waals surface area contributed by atoms with Gasteiger partial charge in [-0.3, -0.25) is 4.79 Å². The minimum atomic E-state index is -0.0111. The van der Waals surface area contributed by atoms with Crippen LogP contribution in [-0.2, 0) is 23.5 Å². The SMILES string of the molecule is CSCc1nc2ccccc2n1CC(=O)NCCc1ccc2c(c1)OCCO2. The van der Waals surface area contributed by atoms with Crippen molar-refractivity contribution in [2.75, 3.05) is 26.0 Å². The van der Waals surface area contributed by atoms with Gasteiger partial charge >= 0.3 is 0 Å². The summed E-state index contributed by atoms with van der Waals surface area (Å²) in [5.41, 5.74) is 3.03. The fraction of sp³-hybridized carbons (Fsp3) is 0.333. The molecule has 6 nitrogen and oxygen atoms in total. The molecule has 1 N–H and O–H groups in total. The maximum absolute atomic E-state index is 12.5. The normalized spacial score (nSPS) is 12.9. The molecule has 4 rings (SSSR count). The maximum atomic E-state index is 12.5. The number of hydrogen-bond acceptors (Lipinski definition) is 5. The number of fused-ring (bicyclic) bond motifs is 2. The molecule has 0 saturated heterocycles. The highest BCUT2D eigenvalue weighted by atomic mass is 32.2. The van der Waals surface area contributed by atoms with E-state index in [0.29, 0.717) is 19.8 Å². The van der Waals surface area contributed by atoms with Crippen molar-refractivity contribution >= 4 is 28.7 Å². The molecule has 2 aromatic carbocycles. The Morgan fingerprint density at radius 2 is 2.00 bits per heavy atom. The summed E-state index contributed by atoms with van der Waals surface area (Å²) in [4.78, 5) is 17.2. The summed E-state index contributed by atoms with van der Waals surface area (Å²) in [5.74, 6) is 3.26. The van der Waals surface area contributed by atoms with Crippen molar-refractivity contribution in [2.45, 2.75) is 18.7 Å². The van der Waals surface area contributed by atoms with Crippen LogP contribution < -0.4 is 14.8 Å². The molecule has 0 bridgehead atoms. The molecule has 0 spiro atoms. The summed E-state index contributed by atoms with van der Waals surface area (Å²) >= 11 is 1.70. The third kappa shape index (κ3) is 4.09. The second-order valence-corrected chi connectivity index (χ2v) is 7.48. The molecule has 0 radical (unpaired) electrons. The molecule has 28 heavy (non-hydrogen) atoms. The fourth-order valence-corrected chi connectivity index (χ4v) is 3.81. The number of carbonyl (C=O) groups is 1. The predicted molar refractivity (Wildman–Crippen MR) is 111 cm³/mol. The second kappa shape index (κ2) is 8.56. The first kappa shape index (κ1) is 18.7. The number of amides is 1. The first-order chi connectivity index (χ1) is 13.7. The van der Waals surface area contributed by atoms with Crippen LogP contribution in [0.1, 0.15) is 11.4 Å². The van der Waals surface area contributed by atoms with E-state index in [1.807, 2.05) is 53.3 Å². The standard InChI is InChI=1S/C21H23N3O3S/c1-28-14-20-23-16-4-2-3-5-17(16)24(20)13-21(25)22-9-8-15-6-7-18-19(12-15)27-11-10-26-18/h2-7,12H,8-11,13-14H2,1H3,(H,22,25). The lowest BCUT2D eigenvalue weighted by Crippen LogP contribution is -2.30. The number of ether oxygens (including phenoxy) is 2. The Kier molecular flexibility index (Phi) is 5.71. The molecule has 0 unspecified atom stereocenters. The van der Waals surface area contributed by atoms with Crippen molar-refractivity contribution in [3.63, 3.8) is 0 Å². The van der Waals surface area contributed by atoms with Gasteiger partial charge in [-0.1, -0.05) is 18.2 Å². The lowest BCUT2D eigenvalue weighted by molar-refractivity contribution is -0.121. The van der Waals surface area contributed by atoms with E-state index in [2.05, 4.69) is 10.3 Å². The zero-order valence-electron chi connectivity index (χ0n) is 15.8. The van der Waals surface area contributed by atoms with E-state index in [9.17, 15) is 4.79 Å². The van der Waals surface area contributed by atoms with Crippen LogP contribution >= 0.6 is 11.8 Å². The first-order valence-corrected chi connectivity index (χ1v) is 10.7. The third-order valence-electron chi connectivity index (χ3n) is 4.65. The minimum absolute atomic E-state index is 0.0111. The Morgan fingerprint density at radius 1 is 1.18 bits per heavy atom. The zero-order valence-corrected chi connectivity index (χ0v) is 16.6. The lowest BCUT2D eigenvalue weighted by atomic mass is 10.1. The highest BCUT2D eigenvalue weighted by Gasteiger charge is 2.14. The number of benzene rings is 2. The Morgan fingerprint density at radius 3 is 2.86 bits per heavy atom. The summed E-state index contributed by atoms with van der Waals surface area (Å²) in [7, 11) is 0. The lowest BCUT2D eigenvalue weighted by Gasteiger charge is -2.19. The molecule has 0 atom stereocenters. The van der Waals surface area contributed by atoms with E-state index in [1.54, 1.807) is 11.8 Å². The average Bonchev–Trinajstić information content (AvgIpc) is 3.05. The summed E-state index contributed by atoms with van der Waals surface area (Å²) in [6, 6.07) is 13.9. The van der Waals surface area contributed by atoms with Crippen LogP contribution in [-0.4, -0.2) is 41.5 Å². The van der Waals surface area contributed by atoms with Crippen molar-refractivity contribution in [2.24, 2.45) is 0 Å². The second-order valence-electron chi connectivity index (χ2n) is 6.61. The number of hydrogen-bond donors (Lipinski definition) is 1. The molecule has 3 aromatic rings.